The number of rotatable bonds is 7. The number of amides is 2. The van der Waals surface area contributed by atoms with Crippen LogP contribution in [-0.4, -0.2) is 33.8 Å². The minimum Gasteiger partial charge on any atom is -0.353 e. The predicted octanol–water partition coefficient (Wildman–Crippen LogP) is 8.27. The highest BCUT2D eigenvalue weighted by molar-refractivity contribution is 7.21. The van der Waals surface area contributed by atoms with Gasteiger partial charge in [-0.1, -0.05) is 67.3 Å². The van der Waals surface area contributed by atoms with Crippen molar-refractivity contribution in [2.45, 2.75) is 76.4 Å². The Hall–Kier alpha value is -3.22. The molecule has 2 fully saturated rings. The first-order valence-corrected chi connectivity index (χ1v) is 16.0. The maximum Gasteiger partial charge on any atom is 0.266 e. The quantitative estimate of drug-likeness (QED) is 0.237. The number of halogens is 1. The molecule has 212 valence electrons. The highest BCUT2D eigenvalue weighted by atomic mass is 35.5. The van der Waals surface area contributed by atoms with Crippen molar-refractivity contribution >= 4 is 44.8 Å². The molecule has 0 aliphatic heterocycles. The Bertz CT molecular complexity index is 1510. The third-order valence-corrected chi connectivity index (χ3v) is 10.4. The summed E-state index contributed by atoms with van der Waals surface area (Å²) in [7, 11) is 0. The number of nitrogens with one attached hydrogen (secondary N) is 1. The molecule has 2 aliphatic rings. The molecule has 0 unspecified atom stereocenters. The zero-order chi connectivity index (χ0) is 28.2. The van der Waals surface area contributed by atoms with Gasteiger partial charge >= 0.3 is 0 Å². The van der Waals surface area contributed by atoms with Crippen LogP contribution in [0.5, 0.6) is 0 Å². The van der Waals surface area contributed by atoms with E-state index < -0.39 is 0 Å². The predicted molar refractivity (Wildman–Crippen MR) is 167 cm³/mol. The van der Waals surface area contributed by atoms with Crippen molar-refractivity contribution in [1.29, 1.82) is 0 Å². The van der Waals surface area contributed by atoms with Gasteiger partial charge in [0.15, 0.2) is 0 Å². The number of hydrogen-bond acceptors (Lipinski definition) is 4. The monoisotopic (exact) mass is 585 g/mol. The molecule has 0 radical (unpaired) electrons. The van der Waals surface area contributed by atoms with Crippen LogP contribution in [0.25, 0.3) is 21.2 Å². The average Bonchev–Trinajstić information content (AvgIpc) is 3.37. The summed E-state index contributed by atoms with van der Waals surface area (Å²) in [4.78, 5) is 33.9. The summed E-state index contributed by atoms with van der Waals surface area (Å²) < 4.78 is 1.02. The number of hydrogen-bond donors (Lipinski definition) is 1. The van der Waals surface area contributed by atoms with Crippen molar-refractivity contribution in [1.82, 2.24) is 15.2 Å². The van der Waals surface area contributed by atoms with E-state index >= 15 is 0 Å². The first-order valence-electron chi connectivity index (χ1n) is 14.8. The second kappa shape index (κ2) is 12.7. The third kappa shape index (κ3) is 6.34. The van der Waals surface area contributed by atoms with Gasteiger partial charge in [-0.25, -0.2) is 0 Å². The van der Waals surface area contributed by atoms with Gasteiger partial charge in [-0.15, -0.1) is 11.3 Å². The number of thiophene rings is 1. The second-order valence-electron chi connectivity index (χ2n) is 11.5. The molecule has 1 N–H and O–H groups in total. The minimum atomic E-state index is -0.0137. The Morgan fingerprint density at radius 2 is 1.63 bits per heavy atom. The number of nitrogens with zero attached hydrogens (tertiary/aromatic N) is 2. The Kier molecular flexibility index (Phi) is 8.68. The van der Waals surface area contributed by atoms with E-state index in [1.165, 1.54) is 17.8 Å². The molecule has 2 heterocycles. The van der Waals surface area contributed by atoms with Crippen LogP contribution in [0.3, 0.4) is 0 Å². The lowest BCUT2D eigenvalue weighted by atomic mass is 9.86. The lowest BCUT2D eigenvalue weighted by molar-refractivity contribution is -0.127. The van der Waals surface area contributed by atoms with Gasteiger partial charge in [-0.2, -0.15) is 0 Å². The van der Waals surface area contributed by atoms with E-state index in [0.717, 1.165) is 78.1 Å². The number of carbonyl (C=O) groups is 2. The van der Waals surface area contributed by atoms with Crippen molar-refractivity contribution in [2.24, 2.45) is 5.92 Å². The molecule has 2 amide bonds. The highest BCUT2D eigenvalue weighted by Crippen LogP contribution is 2.38. The first kappa shape index (κ1) is 27.9. The van der Waals surface area contributed by atoms with Crippen molar-refractivity contribution in [2.75, 3.05) is 0 Å². The van der Waals surface area contributed by atoms with E-state index in [9.17, 15) is 9.59 Å². The zero-order valence-electron chi connectivity index (χ0n) is 23.2. The number of pyridine rings is 1. The summed E-state index contributed by atoms with van der Waals surface area (Å²) in [6.45, 7) is 0.506. The highest BCUT2D eigenvalue weighted by Gasteiger charge is 2.33. The molecule has 0 atom stereocenters. The largest absolute Gasteiger partial charge is 0.353 e. The van der Waals surface area contributed by atoms with Crippen LogP contribution in [0.15, 0.2) is 73.1 Å². The molecule has 2 saturated carbocycles. The van der Waals surface area contributed by atoms with Crippen molar-refractivity contribution in [3.63, 3.8) is 0 Å². The molecule has 6 rings (SSSR count). The molecule has 2 aromatic heterocycles. The minimum absolute atomic E-state index is 0.0137. The van der Waals surface area contributed by atoms with Crippen molar-refractivity contribution in [3.8, 4) is 11.1 Å². The summed E-state index contributed by atoms with van der Waals surface area (Å²) >= 11 is 8.28. The SMILES string of the molecule is O=C(NC1CCC(N(Cc2cccc(-c3ccncc3)c2)C(=O)c2sc3ccccc3c2Cl)CC1)C1CCCCC1. The Balaban J connectivity index is 1.22. The van der Waals surface area contributed by atoms with E-state index in [1.807, 2.05) is 41.3 Å². The van der Waals surface area contributed by atoms with Gasteiger partial charge < -0.3 is 10.2 Å². The summed E-state index contributed by atoms with van der Waals surface area (Å²) in [5.41, 5.74) is 3.28. The Labute approximate surface area is 250 Å². The Morgan fingerprint density at radius 3 is 2.39 bits per heavy atom. The van der Waals surface area contributed by atoms with E-state index in [0.29, 0.717) is 16.4 Å². The van der Waals surface area contributed by atoms with Gasteiger partial charge in [0.25, 0.3) is 5.91 Å². The molecule has 2 aromatic carbocycles. The molecule has 5 nitrogen and oxygen atoms in total. The normalized spacial score (nSPS) is 19.6. The van der Waals surface area contributed by atoms with Crippen LogP contribution < -0.4 is 5.32 Å². The van der Waals surface area contributed by atoms with Gasteiger partial charge in [0.2, 0.25) is 5.91 Å². The molecule has 4 aromatic rings. The van der Waals surface area contributed by atoms with Crippen molar-refractivity contribution < 1.29 is 9.59 Å². The zero-order valence-corrected chi connectivity index (χ0v) is 24.8. The van der Waals surface area contributed by atoms with E-state index in [2.05, 4.69) is 34.6 Å². The van der Waals surface area contributed by atoms with Gasteiger partial charge in [0.05, 0.1) is 5.02 Å². The van der Waals surface area contributed by atoms with E-state index in [1.54, 1.807) is 12.4 Å². The van der Waals surface area contributed by atoms with Crippen LogP contribution in [0.2, 0.25) is 5.02 Å². The van der Waals surface area contributed by atoms with Gasteiger partial charge in [-0.05, 0) is 79.5 Å². The van der Waals surface area contributed by atoms with Gasteiger partial charge in [0.1, 0.15) is 4.88 Å². The van der Waals surface area contributed by atoms with Crippen LogP contribution in [0, 0.1) is 5.92 Å². The topological polar surface area (TPSA) is 62.3 Å². The fourth-order valence-corrected chi connectivity index (χ4v) is 7.92. The molecule has 41 heavy (non-hydrogen) atoms. The molecular formula is C34H36ClN3O2S. The van der Waals surface area contributed by atoms with E-state index in [4.69, 9.17) is 11.6 Å². The smallest absolute Gasteiger partial charge is 0.266 e. The van der Waals surface area contributed by atoms with Crippen molar-refractivity contribution in [3.05, 3.63) is 88.5 Å². The molecule has 7 heteroatoms. The maximum atomic E-state index is 14.2. The molecule has 0 saturated heterocycles. The van der Waals surface area contributed by atoms with Crippen LogP contribution >= 0.6 is 22.9 Å². The standard InChI is InChI=1S/C34H36ClN3O2S/c35-31-29-11-4-5-12-30(29)41-32(31)34(40)38(22-23-7-6-10-26(21-23)24-17-19-36-20-18-24)28-15-13-27(14-16-28)37-33(39)25-8-2-1-3-9-25/h4-7,10-12,17-21,25,27-28H,1-3,8-9,13-16,22H2,(H,37,39). The van der Waals surface area contributed by atoms with Crippen LogP contribution in [-0.2, 0) is 11.3 Å². The number of benzene rings is 2. The average molecular weight is 586 g/mol. The summed E-state index contributed by atoms with van der Waals surface area (Å²) in [6.07, 6.45) is 12.6. The summed E-state index contributed by atoms with van der Waals surface area (Å²) in [5.74, 6) is 0.383. The van der Waals surface area contributed by atoms with Crippen LogP contribution in [0.1, 0.15) is 73.0 Å². The third-order valence-electron chi connectivity index (χ3n) is 8.74. The Morgan fingerprint density at radius 1 is 0.878 bits per heavy atom. The van der Waals surface area contributed by atoms with E-state index in [-0.39, 0.29) is 29.8 Å². The maximum absolute atomic E-state index is 14.2. The summed E-state index contributed by atoms with van der Waals surface area (Å²) in [5, 5.41) is 4.81. The molecule has 2 aliphatic carbocycles. The molecule has 0 bridgehead atoms. The molecular weight excluding hydrogens is 550 g/mol. The number of carbonyl (C=O) groups excluding carboxylic acids is 2. The number of fused-ring (bicyclic) bond motifs is 1. The fourth-order valence-electron chi connectivity index (χ4n) is 6.45. The summed E-state index contributed by atoms with van der Waals surface area (Å²) in [6, 6.07) is 20.6. The van der Waals surface area contributed by atoms with Crippen LogP contribution in [0.4, 0.5) is 0 Å². The second-order valence-corrected chi connectivity index (χ2v) is 12.9. The fraction of sp³-hybridized carbons (Fsp3) is 0.382. The lowest BCUT2D eigenvalue weighted by Crippen LogP contribution is -2.47. The van der Waals surface area contributed by atoms with Gasteiger partial charge in [-0.3, -0.25) is 14.6 Å². The van der Waals surface area contributed by atoms with Gasteiger partial charge in [0, 0.05) is 47.0 Å². The lowest BCUT2D eigenvalue weighted by Gasteiger charge is -2.37. The first-order chi connectivity index (χ1) is 20.1. The molecule has 0 spiro atoms. The number of aromatic nitrogens is 1.